The molecular weight excluding hydrogens is 280 g/mol. The molecule has 0 saturated carbocycles. The number of nitrogens with one attached hydrogen (secondary N) is 2. The maximum Gasteiger partial charge on any atom is 0.260 e. The predicted octanol–water partition coefficient (Wildman–Crippen LogP) is 0.119. The fourth-order valence-electron chi connectivity index (χ4n) is 2.36. The normalized spacial score (nSPS) is 18.1. The zero-order valence-corrected chi connectivity index (χ0v) is 12.5. The average molecular weight is 300 g/mol. The number of imidazole rings is 1. The van der Waals surface area contributed by atoms with Gasteiger partial charge in [0.1, 0.15) is 5.82 Å². The number of hydrogen-bond donors (Lipinski definition) is 2. The smallest absolute Gasteiger partial charge is 0.260 e. The summed E-state index contributed by atoms with van der Waals surface area (Å²) in [7, 11) is -1.92. The number of carbonyl (C=O) groups excluding carboxylic acids is 1. The first-order valence-electron chi connectivity index (χ1n) is 6.74. The Morgan fingerprint density at radius 1 is 1.50 bits per heavy atom. The van der Waals surface area contributed by atoms with Gasteiger partial charge in [0, 0.05) is 32.5 Å². The summed E-state index contributed by atoms with van der Waals surface area (Å²) >= 11 is 0. The summed E-state index contributed by atoms with van der Waals surface area (Å²) in [6.07, 6.45) is 3.12. The van der Waals surface area contributed by atoms with E-state index >= 15 is 0 Å². The van der Waals surface area contributed by atoms with Gasteiger partial charge >= 0.3 is 0 Å². The van der Waals surface area contributed by atoms with Crippen LogP contribution in [0.4, 0.5) is 0 Å². The number of sulfonamides is 1. The Kier molecular flexibility index (Phi) is 4.44. The van der Waals surface area contributed by atoms with Gasteiger partial charge < -0.3 is 10.3 Å². The molecule has 1 fully saturated rings. The lowest BCUT2D eigenvalue weighted by Gasteiger charge is -2.29. The van der Waals surface area contributed by atoms with E-state index in [1.807, 2.05) is 6.92 Å². The molecule has 20 heavy (non-hydrogen) atoms. The van der Waals surface area contributed by atoms with Crippen LogP contribution in [0.5, 0.6) is 0 Å². The van der Waals surface area contributed by atoms with Gasteiger partial charge in [-0.25, -0.2) is 13.4 Å². The molecule has 2 N–H and O–H groups in total. The van der Waals surface area contributed by atoms with E-state index in [0.717, 1.165) is 0 Å². The highest BCUT2D eigenvalue weighted by atomic mass is 32.2. The molecule has 1 amide bonds. The summed E-state index contributed by atoms with van der Waals surface area (Å²) in [6, 6.07) is 0. The van der Waals surface area contributed by atoms with Crippen molar-refractivity contribution in [1.29, 1.82) is 0 Å². The molecule has 1 aliphatic heterocycles. The lowest BCUT2D eigenvalue weighted by molar-refractivity contribution is -0.125. The minimum atomic E-state index is -3.52. The summed E-state index contributed by atoms with van der Waals surface area (Å²) in [5.74, 6) is 0.542. The molecule has 0 unspecified atom stereocenters. The molecule has 1 aromatic rings. The van der Waals surface area contributed by atoms with E-state index < -0.39 is 10.0 Å². The third-order valence-electron chi connectivity index (χ3n) is 3.63. The molecule has 2 rings (SSSR count). The molecule has 0 atom stereocenters. The van der Waals surface area contributed by atoms with Crippen LogP contribution in [0.25, 0.3) is 0 Å². The summed E-state index contributed by atoms with van der Waals surface area (Å²) in [5.41, 5.74) is 0. The van der Waals surface area contributed by atoms with Crippen LogP contribution in [0.3, 0.4) is 0 Å². The van der Waals surface area contributed by atoms with Crippen LogP contribution in [0.15, 0.2) is 11.2 Å². The van der Waals surface area contributed by atoms with Crippen molar-refractivity contribution >= 4 is 15.9 Å². The molecule has 0 spiro atoms. The topological polar surface area (TPSA) is 95.2 Å². The summed E-state index contributed by atoms with van der Waals surface area (Å²) in [4.78, 5) is 18.4. The Bertz CT molecular complexity index is 573. The van der Waals surface area contributed by atoms with Gasteiger partial charge in [-0.1, -0.05) is 6.92 Å². The lowest BCUT2D eigenvalue weighted by atomic mass is 9.97. The molecule has 8 heteroatoms. The number of aromatic amines is 1. The zero-order valence-electron chi connectivity index (χ0n) is 11.7. The summed E-state index contributed by atoms with van der Waals surface area (Å²) in [5, 5.41) is 2.74. The van der Waals surface area contributed by atoms with Crippen LogP contribution in [0, 0.1) is 5.92 Å². The molecule has 0 radical (unpaired) electrons. The SMILES string of the molecule is CCc1ncc(S(=O)(=O)N2CCC(C(=O)NC)CC2)[nH]1. The standard InChI is InChI=1S/C12H20N4O3S/c1-3-10-14-8-11(15-10)20(18,19)16-6-4-9(5-7-16)12(17)13-2/h8-9H,3-7H2,1-2H3,(H,13,17)(H,14,15). The molecule has 1 saturated heterocycles. The Morgan fingerprint density at radius 2 is 2.15 bits per heavy atom. The van der Waals surface area contributed by atoms with Crippen LogP contribution >= 0.6 is 0 Å². The van der Waals surface area contributed by atoms with Gasteiger partial charge in [-0.2, -0.15) is 4.31 Å². The number of amides is 1. The molecule has 1 aromatic heterocycles. The minimum Gasteiger partial charge on any atom is -0.359 e. The Labute approximate surface area is 118 Å². The van der Waals surface area contributed by atoms with Gasteiger partial charge in [0.2, 0.25) is 5.91 Å². The molecule has 0 aromatic carbocycles. The Balaban J connectivity index is 2.07. The van der Waals surface area contributed by atoms with Crippen molar-refractivity contribution in [2.24, 2.45) is 5.92 Å². The Morgan fingerprint density at radius 3 is 2.65 bits per heavy atom. The lowest BCUT2D eigenvalue weighted by Crippen LogP contribution is -2.42. The minimum absolute atomic E-state index is 0.0168. The number of aryl methyl sites for hydroxylation is 1. The maximum absolute atomic E-state index is 12.4. The van der Waals surface area contributed by atoms with Gasteiger partial charge in [0.05, 0.1) is 6.20 Å². The number of carbonyl (C=O) groups is 1. The summed E-state index contributed by atoms with van der Waals surface area (Å²) in [6.45, 7) is 2.63. The average Bonchev–Trinajstić information content (AvgIpc) is 2.96. The summed E-state index contributed by atoms with van der Waals surface area (Å²) < 4.78 is 26.2. The van der Waals surface area contributed by atoms with Crippen molar-refractivity contribution in [3.8, 4) is 0 Å². The van der Waals surface area contributed by atoms with Crippen molar-refractivity contribution in [3.05, 3.63) is 12.0 Å². The Hall–Kier alpha value is -1.41. The van der Waals surface area contributed by atoms with E-state index in [1.54, 1.807) is 7.05 Å². The number of H-pyrrole nitrogens is 1. The number of piperidine rings is 1. The fourth-order valence-corrected chi connectivity index (χ4v) is 3.76. The van der Waals surface area contributed by atoms with Crippen LogP contribution in [0.1, 0.15) is 25.6 Å². The second-order valence-corrected chi connectivity index (χ2v) is 6.75. The van der Waals surface area contributed by atoms with E-state index in [2.05, 4.69) is 15.3 Å². The quantitative estimate of drug-likeness (QED) is 0.825. The molecule has 7 nitrogen and oxygen atoms in total. The molecule has 2 heterocycles. The van der Waals surface area contributed by atoms with Gasteiger partial charge in [0.15, 0.2) is 5.03 Å². The first-order valence-corrected chi connectivity index (χ1v) is 8.18. The largest absolute Gasteiger partial charge is 0.359 e. The molecule has 0 aliphatic carbocycles. The number of rotatable bonds is 4. The van der Waals surface area contributed by atoms with E-state index in [4.69, 9.17) is 0 Å². The number of nitrogens with zero attached hydrogens (tertiary/aromatic N) is 2. The van der Waals surface area contributed by atoms with Crippen LogP contribution in [-0.2, 0) is 21.2 Å². The van der Waals surface area contributed by atoms with Gasteiger partial charge in [-0.3, -0.25) is 4.79 Å². The van der Waals surface area contributed by atoms with Crippen molar-refractivity contribution < 1.29 is 13.2 Å². The van der Waals surface area contributed by atoms with Gasteiger partial charge in [0.25, 0.3) is 10.0 Å². The second kappa shape index (κ2) is 5.92. The monoisotopic (exact) mass is 300 g/mol. The van der Waals surface area contributed by atoms with E-state index in [-0.39, 0.29) is 16.9 Å². The highest BCUT2D eigenvalue weighted by Crippen LogP contribution is 2.23. The van der Waals surface area contributed by atoms with Crippen LogP contribution in [0.2, 0.25) is 0 Å². The van der Waals surface area contributed by atoms with E-state index in [1.165, 1.54) is 10.5 Å². The van der Waals surface area contributed by atoms with Crippen molar-refractivity contribution in [2.75, 3.05) is 20.1 Å². The highest BCUT2D eigenvalue weighted by molar-refractivity contribution is 7.89. The van der Waals surface area contributed by atoms with E-state index in [0.29, 0.717) is 38.2 Å². The second-order valence-electron chi connectivity index (χ2n) is 4.84. The van der Waals surface area contributed by atoms with Crippen molar-refractivity contribution in [2.45, 2.75) is 31.2 Å². The first-order chi connectivity index (χ1) is 9.48. The van der Waals surface area contributed by atoms with Crippen LogP contribution < -0.4 is 5.32 Å². The van der Waals surface area contributed by atoms with Crippen molar-refractivity contribution in [1.82, 2.24) is 19.6 Å². The molecule has 0 bridgehead atoms. The molecule has 112 valence electrons. The third-order valence-corrected chi connectivity index (χ3v) is 5.44. The first kappa shape index (κ1) is 15.0. The predicted molar refractivity (Wildman–Crippen MR) is 73.5 cm³/mol. The molecular formula is C12H20N4O3S. The van der Waals surface area contributed by atoms with Crippen LogP contribution in [-0.4, -0.2) is 48.7 Å². The van der Waals surface area contributed by atoms with Crippen molar-refractivity contribution in [3.63, 3.8) is 0 Å². The zero-order chi connectivity index (χ0) is 14.8. The van der Waals surface area contributed by atoms with Gasteiger partial charge in [-0.15, -0.1) is 0 Å². The number of hydrogen-bond acceptors (Lipinski definition) is 4. The van der Waals surface area contributed by atoms with E-state index in [9.17, 15) is 13.2 Å². The van der Waals surface area contributed by atoms with Gasteiger partial charge in [-0.05, 0) is 12.8 Å². The maximum atomic E-state index is 12.4. The third kappa shape index (κ3) is 2.85. The fraction of sp³-hybridized carbons (Fsp3) is 0.667. The molecule has 1 aliphatic rings. The highest BCUT2D eigenvalue weighted by Gasteiger charge is 2.32. The number of aromatic nitrogens is 2.